The molecule has 1 saturated heterocycles. The number of fused-ring (bicyclic) bond motifs is 1. The van der Waals surface area contributed by atoms with E-state index in [0.29, 0.717) is 6.04 Å². The summed E-state index contributed by atoms with van der Waals surface area (Å²) in [6.45, 7) is 3.44. The molecule has 1 aliphatic carbocycles. The summed E-state index contributed by atoms with van der Waals surface area (Å²) in [7, 11) is 0. The number of nitrogens with one attached hydrogen (secondary N) is 2. The third kappa shape index (κ3) is 2.70. The normalized spacial score (nSPS) is 22.9. The molecule has 0 amide bonds. The summed E-state index contributed by atoms with van der Waals surface area (Å²) in [4.78, 5) is 0. The predicted molar refractivity (Wildman–Crippen MR) is 71.4 cm³/mol. The van der Waals surface area contributed by atoms with Gasteiger partial charge < -0.3 is 10.6 Å². The van der Waals surface area contributed by atoms with Gasteiger partial charge in [-0.15, -0.1) is 0 Å². The van der Waals surface area contributed by atoms with Gasteiger partial charge in [0.1, 0.15) is 0 Å². The molecule has 2 aliphatic rings. The van der Waals surface area contributed by atoms with Gasteiger partial charge in [-0.1, -0.05) is 18.2 Å². The first-order valence-corrected chi connectivity index (χ1v) is 6.96. The van der Waals surface area contributed by atoms with Crippen molar-refractivity contribution in [3.8, 4) is 0 Å². The average Bonchev–Trinajstić information content (AvgIpc) is 2.98. The third-order valence-corrected chi connectivity index (χ3v) is 4.07. The fraction of sp³-hybridized carbons (Fsp3) is 0.600. The Morgan fingerprint density at radius 2 is 2.18 bits per heavy atom. The predicted octanol–water partition coefficient (Wildman–Crippen LogP) is 1.67. The Bertz CT molecular complexity index is 381. The van der Waals surface area contributed by atoms with E-state index in [1.807, 2.05) is 0 Å². The summed E-state index contributed by atoms with van der Waals surface area (Å²) >= 11 is 0. The summed E-state index contributed by atoms with van der Waals surface area (Å²) < 4.78 is 0. The van der Waals surface area contributed by atoms with E-state index in [1.165, 1.54) is 44.2 Å². The zero-order valence-electron chi connectivity index (χ0n) is 10.5. The van der Waals surface area contributed by atoms with E-state index in [9.17, 15) is 0 Å². The molecule has 1 aliphatic heterocycles. The van der Waals surface area contributed by atoms with Crippen LogP contribution in [0.3, 0.4) is 0 Å². The van der Waals surface area contributed by atoms with Gasteiger partial charge in [-0.25, -0.2) is 0 Å². The monoisotopic (exact) mass is 230 g/mol. The fourth-order valence-electron chi connectivity index (χ4n) is 3.03. The molecule has 1 heterocycles. The first-order chi connectivity index (χ1) is 8.42. The van der Waals surface area contributed by atoms with E-state index in [4.69, 9.17) is 0 Å². The van der Waals surface area contributed by atoms with Gasteiger partial charge in [-0.2, -0.15) is 0 Å². The molecule has 17 heavy (non-hydrogen) atoms. The van der Waals surface area contributed by atoms with Crippen molar-refractivity contribution in [2.24, 2.45) is 0 Å². The van der Waals surface area contributed by atoms with Gasteiger partial charge in [0.15, 0.2) is 0 Å². The van der Waals surface area contributed by atoms with Crippen molar-refractivity contribution in [3.63, 3.8) is 0 Å². The molecule has 0 spiro atoms. The van der Waals surface area contributed by atoms with Crippen molar-refractivity contribution in [1.29, 1.82) is 0 Å². The van der Waals surface area contributed by atoms with E-state index in [1.54, 1.807) is 11.1 Å². The van der Waals surface area contributed by atoms with Crippen LogP contribution in [0.25, 0.3) is 0 Å². The third-order valence-electron chi connectivity index (χ3n) is 4.07. The number of aryl methyl sites for hydroxylation is 2. The summed E-state index contributed by atoms with van der Waals surface area (Å²) in [6, 6.07) is 7.79. The van der Waals surface area contributed by atoms with Gasteiger partial charge in [0, 0.05) is 12.6 Å². The molecule has 92 valence electrons. The Morgan fingerprint density at radius 1 is 1.24 bits per heavy atom. The molecule has 0 radical (unpaired) electrons. The average molecular weight is 230 g/mol. The van der Waals surface area contributed by atoms with Crippen molar-refractivity contribution < 1.29 is 0 Å². The van der Waals surface area contributed by atoms with E-state index in [0.717, 1.165) is 13.1 Å². The Hall–Kier alpha value is -0.860. The largest absolute Gasteiger partial charge is 0.315 e. The molecule has 1 fully saturated rings. The molecule has 2 nitrogen and oxygen atoms in total. The van der Waals surface area contributed by atoms with Crippen LogP contribution in [0.2, 0.25) is 0 Å². The summed E-state index contributed by atoms with van der Waals surface area (Å²) in [6.07, 6.45) is 6.39. The van der Waals surface area contributed by atoms with Crippen LogP contribution >= 0.6 is 0 Å². The van der Waals surface area contributed by atoms with Crippen molar-refractivity contribution in [2.45, 2.75) is 38.1 Å². The molecular formula is C15H22N2. The Morgan fingerprint density at radius 3 is 3.06 bits per heavy atom. The van der Waals surface area contributed by atoms with Crippen LogP contribution in [0.1, 0.15) is 29.5 Å². The number of rotatable bonds is 4. The van der Waals surface area contributed by atoms with Crippen LogP contribution in [0.15, 0.2) is 18.2 Å². The maximum atomic E-state index is 3.64. The fourth-order valence-corrected chi connectivity index (χ4v) is 3.03. The lowest BCUT2D eigenvalue weighted by Crippen LogP contribution is -2.32. The quantitative estimate of drug-likeness (QED) is 0.822. The Labute approximate surface area is 104 Å². The number of benzene rings is 1. The van der Waals surface area contributed by atoms with Crippen molar-refractivity contribution in [3.05, 3.63) is 34.9 Å². The first-order valence-electron chi connectivity index (χ1n) is 6.96. The molecule has 0 bridgehead atoms. The smallest absolute Gasteiger partial charge is 0.0204 e. The van der Waals surface area contributed by atoms with Crippen LogP contribution in [-0.4, -0.2) is 25.7 Å². The highest BCUT2D eigenvalue weighted by atomic mass is 15.0. The van der Waals surface area contributed by atoms with E-state index < -0.39 is 0 Å². The molecule has 3 rings (SSSR count). The molecule has 1 atom stereocenters. The second-order valence-corrected chi connectivity index (χ2v) is 5.35. The van der Waals surface area contributed by atoms with Crippen LogP contribution in [0.5, 0.6) is 0 Å². The minimum atomic E-state index is 0.699. The molecule has 0 saturated carbocycles. The van der Waals surface area contributed by atoms with Gasteiger partial charge in [0.25, 0.3) is 0 Å². The Kier molecular flexibility index (Phi) is 3.44. The maximum absolute atomic E-state index is 3.64. The molecule has 1 unspecified atom stereocenters. The highest BCUT2D eigenvalue weighted by Gasteiger charge is 2.13. The van der Waals surface area contributed by atoms with Gasteiger partial charge in [-0.3, -0.25) is 0 Å². The van der Waals surface area contributed by atoms with Gasteiger partial charge in [0.2, 0.25) is 0 Å². The SMILES string of the molecule is c1cc2c(cc1CCNC1CCNC1)CCC2. The molecule has 2 heteroatoms. The highest BCUT2D eigenvalue weighted by molar-refractivity contribution is 5.35. The van der Waals surface area contributed by atoms with Gasteiger partial charge in [-0.05, 0) is 61.9 Å². The lowest BCUT2D eigenvalue weighted by atomic mass is 10.0. The number of hydrogen-bond acceptors (Lipinski definition) is 2. The summed E-state index contributed by atoms with van der Waals surface area (Å²) in [5, 5.41) is 7.03. The van der Waals surface area contributed by atoms with Crippen LogP contribution < -0.4 is 10.6 Å². The van der Waals surface area contributed by atoms with Gasteiger partial charge >= 0.3 is 0 Å². The van der Waals surface area contributed by atoms with Crippen LogP contribution in [0.4, 0.5) is 0 Å². The van der Waals surface area contributed by atoms with E-state index >= 15 is 0 Å². The second-order valence-electron chi connectivity index (χ2n) is 5.35. The topological polar surface area (TPSA) is 24.1 Å². The molecule has 2 N–H and O–H groups in total. The lowest BCUT2D eigenvalue weighted by molar-refractivity contribution is 0.550. The highest BCUT2D eigenvalue weighted by Crippen LogP contribution is 2.22. The van der Waals surface area contributed by atoms with E-state index in [2.05, 4.69) is 28.8 Å². The lowest BCUT2D eigenvalue weighted by Gasteiger charge is -2.11. The van der Waals surface area contributed by atoms with E-state index in [-0.39, 0.29) is 0 Å². The summed E-state index contributed by atoms with van der Waals surface area (Å²) in [5.74, 6) is 0. The minimum Gasteiger partial charge on any atom is -0.315 e. The minimum absolute atomic E-state index is 0.699. The first kappa shape index (κ1) is 11.2. The zero-order chi connectivity index (χ0) is 11.5. The van der Waals surface area contributed by atoms with Crippen LogP contribution in [0, 0.1) is 0 Å². The Balaban J connectivity index is 1.51. The zero-order valence-corrected chi connectivity index (χ0v) is 10.5. The van der Waals surface area contributed by atoms with Crippen molar-refractivity contribution in [1.82, 2.24) is 10.6 Å². The maximum Gasteiger partial charge on any atom is 0.0204 e. The van der Waals surface area contributed by atoms with Crippen LogP contribution in [-0.2, 0) is 19.3 Å². The molecule has 1 aromatic rings. The van der Waals surface area contributed by atoms with Crippen molar-refractivity contribution in [2.75, 3.05) is 19.6 Å². The van der Waals surface area contributed by atoms with Crippen molar-refractivity contribution >= 4 is 0 Å². The van der Waals surface area contributed by atoms with Gasteiger partial charge in [0.05, 0.1) is 0 Å². The molecule has 0 aromatic heterocycles. The number of hydrogen-bond donors (Lipinski definition) is 2. The second kappa shape index (κ2) is 5.19. The summed E-state index contributed by atoms with van der Waals surface area (Å²) in [5.41, 5.74) is 4.69. The molecular weight excluding hydrogens is 208 g/mol. The standard InChI is InChI=1S/C15H22N2/c1-2-13-5-4-12(10-14(13)3-1)6-9-17-15-7-8-16-11-15/h4-5,10,15-17H,1-3,6-9,11H2. The molecule has 1 aromatic carbocycles.